The maximum absolute atomic E-state index is 13.0. The summed E-state index contributed by atoms with van der Waals surface area (Å²) < 4.78 is 0. The average molecular weight is 352 g/mol. The van der Waals surface area contributed by atoms with Crippen molar-refractivity contribution in [2.24, 2.45) is 0 Å². The van der Waals surface area contributed by atoms with E-state index in [1.807, 2.05) is 11.0 Å². The quantitative estimate of drug-likeness (QED) is 0.869. The van der Waals surface area contributed by atoms with E-state index < -0.39 is 6.04 Å². The molecule has 0 spiro atoms. The molecule has 1 heterocycles. The second-order valence-corrected chi connectivity index (χ2v) is 6.65. The molecule has 0 saturated carbocycles. The molecule has 1 atom stereocenters. The van der Waals surface area contributed by atoms with Gasteiger partial charge in [0.2, 0.25) is 5.91 Å². The van der Waals surface area contributed by atoms with Gasteiger partial charge in [-0.1, -0.05) is 30.3 Å². The Hall–Kier alpha value is -2.82. The SMILES string of the molecule is O=C(N[C@@H](Cc1ccc(O)cc1)C(=O)N1CCCCC1)c1ccccc1. The number of nitrogens with one attached hydrogen (secondary N) is 1. The summed E-state index contributed by atoms with van der Waals surface area (Å²) in [5, 5.41) is 12.4. The van der Waals surface area contributed by atoms with Crippen LogP contribution in [-0.4, -0.2) is 41.0 Å². The van der Waals surface area contributed by atoms with Gasteiger partial charge in [0.1, 0.15) is 11.8 Å². The molecule has 2 aromatic carbocycles. The third kappa shape index (κ3) is 4.63. The second-order valence-electron chi connectivity index (χ2n) is 6.65. The van der Waals surface area contributed by atoms with E-state index in [0.29, 0.717) is 12.0 Å². The monoisotopic (exact) mass is 352 g/mol. The molecule has 2 N–H and O–H groups in total. The number of carbonyl (C=O) groups excluding carboxylic acids is 2. The molecule has 1 aliphatic heterocycles. The summed E-state index contributed by atoms with van der Waals surface area (Å²) in [7, 11) is 0. The number of likely N-dealkylation sites (tertiary alicyclic amines) is 1. The minimum Gasteiger partial charge on any atom is -0.508 e. The van der Waals surface area contributed by atoms with Gasteiger partial charge >= 0.3 is 0 Å². The maximum atomic E-state index is 13.0. The van der Waals surface area contributed by atoms with Crippen LogP contribution in [0.2, 0.25) is 0 Å². The van der Waals surface area contributed by atoms with Crippen molar-refractivity contribution in [2.75, 3.05) is 13.1 Å². The number of amides is 2. The number of aromatic hydroxyl groups is 1. The van der Waals surface area contributed by atoms with Gasteiger partial charge in [0.05, 0.1) is 0 Å². The summed E-state index contributed by atoms with van der Waals surface area (Å²) in [6.07, 6.45) is 3.55. The molecule has 0 radical (unpaired) electrons. The zero-order chi connectivity index (χ0) is 18.4. The number of benzene rings is 2. The summed E-state index contributed by atoms with van der Waals surface area (Å²) >= 11 is 0. The Morgan fingerprint density at radius 2 is 1.62 bits per heavy atom. The van der Waals surface area contributed by atoms with Gasteiger partial charge in [0.15, 0.2) is 0 Å². The molecule has 2 aromatic rings. The van der Waals surface area contributed by atoms with Gasteiger partial charge in [-0.05, 0) is 49.1 Å². The van der Waals surface area contributed by atoms with Crippen molar-refractivity contribution in [2.45, 2.75) is 31.7 Å². The highest BCUT2D eigenvalue weighted by Crippen LogP contribution is 2.15. The lowest BCUT2D eigenvalue weighted by atomic mass is 10.0. The van der Waals surface area contributed by atoms with Crippen LogP contribution in [0.15, 0.2) is 54.6 Å². The first-order valence-electron chi connectivity index (χ1n) is 9.06. The topological polar surface area (TPSA) is 69.6 Å². The largest absolute Gasteiger partial charge is 0.508 e. The van der Waals surface area contributed by atoms with Gasteiger partial charge < -0.3 is 15.3 Å². The molecule has 1 aliphatic rings. The third-order valence-corrected chi connectivity index (χ3v) is 4.68. The molecule has 26 heavy (non-hydrogen) atoms. The highest BCUT2D eigenvalue weighted by atomic mass is 16.3. The van der Waals surface area contributed by atoms with Crippen molar-refractivity contribution in [1.29, 1.82) is 0 Å². The Morgan fingerprint density at radius 1 is 0.962 bits per heavy atom. The summed E-state index contributed by atoms with van der Waals surface area (Å²) in [6, 6.07) is 15.0. The highest BCUT2D eigenvalue weighted by molar-refractivity contribution is 5.97. The van der Waals surface area contributed by atoms with E-state index in [1.54, 1.807) is 48.5 Å². The van der Waals surface area contributed by atoms with Crippen LogP contribution in [0.1, 0.15) is 35.2 Å². The minimum absolute atomic E-state index is 0.0398. The first-order chi connectivity index (χ1) is 12.6. The molecular formula is C21H24N2O3. The summed E-state index contributed by atoms with van der Waals surface area (Å²) in [5.74, 6) is -0.109. The van der Waals surface area contributed by atoms with Crippen LogP contribution in [0.4, 0.5) is 0 Å². The van der Waals surface area contributed by atoms with Crippen molar-refractivity contribution in [1.82, 2.24) is 10.2 Å². The fraction of sp³-hybridized carbons (Fsp3) is 0.333. The Morgan fingerprint density at radius 3 is 2.27 bits per heavy atom. The first kappa shape index (κ1) is 18.0. The maximum Gasteiger partial charge on any atom is 0.251 e. The van der Waals surface area contributed by atoms with E-state index in [9.17, 15) is 14.7 Å². The van der Waals surface area contributed by atoms with Gasteiger partial charge in [-0.15, -0.1) is 0 Å². The Bertz CT molecular complexity index is 738. The number of phenolic OH excluding ortho intramolecular Hbond substituents is 1. The van der Waals surface area contributed by atoms with Crippen LogP contribution >= 0.6 is 0 Å². The molecule has 2 amide bonds. The summed E-state index contributed by atoms with van der Waals surface area (Å²) in [5.41, 5.74) is 1.43. The number of hydrogen-bond acceptors (Lipinski definition) is 3. The molecule has 136 valence electrons. The van der Waals surface area contributed by atoms with E-state index in [4.69, 9.17) is 0 Å². The van der Waals surface area contributed by atoms with Crippen LogP contribution in [0, 0.1) is 0 Å². The lowest BCUT2D eigenvalue weighted by Gasteiger charge is -2.31. The van der Waals surface area contributed by atoms with Crippen molar-refractivity contribution >= 4 is 11.8 Å². The summed E-state index contributed by atoms with van der Waals surface area (Å²) in [6.45, 7) is 1.48. The molecule has 0 unspecified atom stereocenters. The highest BCUT2D eigenvalue weighted by Gasteiger charge is 2.27. The van der Waals surface area contributed by atoms with Crippen molar-refractivity contribution in [3.05, 3.63) is 65.7 Å². The number of piperidine rings is 1. The average Bonchev–Trinajstić information content (AvgIpc) is 2.70. The molecule has 3 rings (SSSR count). The smallest absolute Gasteiger partial charge is 0.251 e. The van der Waals surface area contributed by atoms with Crippen LogP contribution < -0.4 is 5.32 Å². The van der Waals surface area contributed by atoms with Crippen molar-refractivity contribution < 1.29 is 14.7 Å². The first-order valence-corrected chi connectivity index (χ1v) is 9.06. The van der Waals surface area contributed by atoms with Gasteiger partial charge in [-0.25, -0.2) is 0 Å². The Kier molecular flexibility index (Phi) is 5.89. The number of rotatable bonds is 5. The fourth-order valence-electron chi connectivity index (χ4n) is 3.23. The third-order valence-electron chi connectivity index (χ3n) is 4.68. The fourth-order valence-corrected chi connectivity index (χ4v) is 3.23. The molecule has 1 fully saturated rings. The number of hydrogen-bond donors (Lipinski definition) is 2. The molecule has 1 saturated heterocycles. The molecule has 5 nitrogen and oxygen atoms in total. The molecule has 0 aromatic heterocycles. The van der Waals surface area contributed by atoms with Gasteiger partial charge in [0.25, 0.3) is 5.91 Å². The van der Waals surface area contributed by atoms with E-state index in [0.717, 1.165) is 37.9 Å². The second kappa shape index (κ2) is 8.52. The van der Waals surface area contributed by atoms with Crippen LogP contribution in [0.3, 0.4) is 0 Å². The molecular weight excluding hydrogens is 328 g/mol. The Balaban J connectivity index is 1.76. The van der Waals surface area contributed by atoms with Gasteiger partial charge in [-0.2, -0.15) is 0 Å². The number of nitrogens with zero attached hydrogens (tertiary/aromatic N) is 1. The van der Waals surface area contributed by atoms with Crippen molar-refractivity contribution in [3.8, 4) is 5.75 Å². The number of phenols is 1. The predicted octanol–water partition coefficient (Wildman–Crippen LogP) is 2.75. The zero-order valence-corrected chi connectivity index (χ0v) is 14.7. The van der Waals surface area contributed by atoms with E-state index in [2.05, 4.69) is 5.32 Å². The van der Waals surface area contributed by atoms with Crippen LogP contribution in [0.5, 0.6) is 5.75 Å². The lowest BCUT2D eigenvalue weighted by molar-refractivity contribution is -0.134. The summed E-state index contributed by atoms with van der Waals surface area (Å²) in [4.78, 5) is 27.4. The van der Waals surface area contributed by atoms with E-state index in [-0.39, 0.29) is 17.6 Å². The standard InChI is InChI=1S/C21H24N2O3/c24-18-11-9-16(10-12-18)15-19(21(26)23-13-5-2-6-14-23)22-20(25)17-7-3-1-4-8-17/h1,3-4,7-12,19,24H,2,5-6,13-15H2,(H,22,25)/t19-/m0/s1. The normalized spacial score (nSPS) is 15.3. The van der Waals surface area contributed by atoms with Gasteiger partial charge in [-0.3, -0.25) is 9.59 Å². The van der Waals surface area contributed by atoms with E-state index in [1.165, 1.54) is 0 Å². The van der Waals surface area contributed by atoms with Crippen LogP contribution in [-0.2, 0) is 11.2 Å². The molecule has 0 aliphatic carbocycles. The van der Waals surface area contributed by atoms with Crippen LogP contribution in [0.25, 0.3) is 0 Å². The molecule has 0 bridgehead atoms. The van der Waals surface area contributed by atoms with E-state index >= 15 is 0 Å². The van der Waals surface area contributed by atoms with Crippen molar-refractivity contribution in [3.63, 3.8) is 0 Å². The zero-order valence-electron chi connectivity index (χ0n) is 14.7. The Labute approximate surface area is 153 Å². The lowest BCUT2D eigenvalue weighted by Crippen LogP contribution is -2.51. The number of carbonyl (C=O) groups is 2. The van der Waals surface area contributed by atoms with Gasteiger partial charge in [0, 0.05) is 25.1 Å². The predicted molar refractivity (Wildman–Crippen MR) is 99.9 cm³/mol. The minimum atomic E-state index is -0.620. The molecule has 5 heteroatoms.